The average Bonchev–Trinajstić information content (AvgIpc) is 2.71. The third-order valence-electron chi connectivity index (χ3n) is 2.99. The van der Waals surface area contributed by atoms with Gasteiger partial charge in [-0.3, -0.25) is 4.79 Å². The van der Waals surface area contributed by atoms with Gasteiger partial charge in [-0.15, -0.1) is 0 Å². The number of anilines is 1. The first-order valence-electron chi connectivity index (χ1n) is 5.76. The normalized spacial score (nSPS) is 15.4. The van der Waals surface area contributed by atoms with E-state index in [1.807, 2.05) is 12.1 Å². The number of hydrogen-bond donors (Lipinski definition) is 2. The first-order chi connectivity index (χ1) is 9.15. The van der Waals surface area contributed by atoms with E-state index in [1.165, 1.54) is 24.3 Å². The predicted octanol–water partition coefficient (Wildman–Crippen LogP) is 3.02. The van der Waals surface area contributed by atoms with Gasteiger partial charge in [-0.2, -0.15) is 0 Å². The topological polar surface area (TPSA) is 49.3 Å². The lowest BCUT2D eigenvalue weighted by atomic mass is 10.0. The second-order valence-electron chi connectivity index (χ2n) is 4.26. The molecule has 0 aliphatic carbocycles. The van der Waals surface area contributed by atoms with Gasteiger partial charge in [0.1, 0.15) is 11.6 Å². The molecule has 0 bridgehead atoms. The molecule has 0 fully saturated rings. The van der Waals surface area contributed by atoms with Crippen LogP contribution in [0.15, 0.2) is 42.5 Å². The highest BCUT2D eigenvalue weighted by Crippen LogP contribution is 2.33. The summed E-state index contributed by atoms with van der Waals surface area (Å²) in [4.78, 5) is 11.9. The zero-order chi connectivity index (χ0) is 13.4. The zero-order valence-electron chi connectivity index (χ0n) is 9.85. The number of hydrogen-bond acceptors (Lipinski definition) is 2. The van der Waals surface area contributed by atoms with Crippen LogP contribution in [0.2, 0.25) is 0 Å². The van der Waals surface area contributed by atoms with Gasteiger partial charge in [0.15, 0.2) is 0 Å². The average molecular weight is 255 g/mol. The van der Waals surface area contributed by atoms with Gasteiger partial charge in [-0.25, -0.2) is 4.39 Å². The second-order valence-corrected chi connectivity index (χ2v) is 4.26. The summed E-state index contributed by atoms with van der Waals surface area (Å²) in [5.41, 5.74) is 2.01. The Labute approximate surface area is 109 Å². The minimum absolute atomic E-state index is 0.0417. The van der Waals surface area contributed by atoms with Crippen LogP contribution < -0.4 is 5.32 Å². The van der Waals surface area contributed by atoms with Gasteiger partial charge in [0.25, 0.3) is 5.91 Å². The quantitative estimate of drug-likeness (QED) is 0.769. The van der Waals surface area contributed by atoms with Crippen molar-refractivity contribution >= 4 is 23.2 Å². The lowest BCUT2D eigenvalue weighted by Crippen LogP contribution is -2.03. The molecule has 0 saturated carbocycles. The molecule has 2 aromatic rings. The molecule has 3 rings (SSSR count). The lowest BCUT2D eigenvalue weighted by Gasteiger charge is -2.01. The van der Waals surface area contributed by atoms with E-state index in [4.69, 9.17) is 0 Å². The van der Waals surface area contributed by atoms with E-state index in [1.54, 1.807) is 12.1 Å². The molecule has 0 spiro atoms. The molecule has 2 aromatic carbocycles. The Morgan fingerprint density at radius 3 is 2.79 bits per heavy atom. The number of fused-ring (bicyclic) bond motifs is 1. The van der Waals surface area contributed by atoms with Gasteiger partial charge in [0.05, 0.1) is 0 Å². The molecule has 1 aliphatic rings. The van der Waals surface area contributed by atoms with Crippen LogP contribution in [0.1, 0.15) is 11.1 Å². The number of rotatable bonds is 1. The molecule has 0 unspecified atom stereocenters. The number of benzene rings is 2. The molecule has 0 atom stereocenters. The number of halogens is 1. The third-order valence-corrected chi connectivity index (χ3v) is 2.99. The number of carbonyl (C=O) groups is 1. The second kappa shape index (κ2) is 4.24. The summed E-state index contributed by atoms with van der Waals surface area (Å²) in [5.74, 6) is -0.800. The van der Waals surface area contributed by atoms with Crippen LogP contribution in [-0.4, -0.2) is 11.0 Å². The summed E-state index contributed by atoms with van der Waals surface area (Å²) in [6.07, 6.45) is 1.44. The SMILES string of the molecule is O=C1Nc2ccccc2/C1=C\c1cc(O)ccc1F. The van der Waals surface area contributed by atoms with Crippen LogP contribution in [0.4, 0.5) is 10.1 Å². The number of phenols is 1. The Bertz CT molecular complexity index is 707. The van der Waals surface area contributed by atoms with Gasteiger partial charge >= 0.3 is 0 Å². The lowest BCUT2D eigenvalue weighted by molar-refractivity contribution is -0.110. The fourth-order valence-electron chi connectivity index (χ4n) is 2.08. The van der Waals surface area contributed by atoms with Crippen LogP contribution in [0, 0.1) is 5.82 Å². The maximum absolute atomic E-state index is 13.6. The molecule has 0 aromatic heterocycles. The largest absolute Gasteiger partial charge is 0.508 e. The predicted molar refractivity (Wildman–Crippen MR) is 71.0 cm³/mol. The Morgan fingerprint density at radius 1 is 1.16 bits per heavy atom. The van der Waals surface area contributed by atoms with Crippen LogP contribution in [0.25, 0.3) is 11.6 Å². The molecule has 0 saturated heterocycles. The first kappa shape index (κ1) is 11.5. The highest BCUT2D eigenvalue weighted by atomic mass is 19.1. The number of para-hydroxylation sites is 1. The molecule has 4 heteroatoms. The highest BCUT2D eigenvalue weighted by Gasteiger charge is 2.23. The summed E-state index contributed by atoms with van der Waals surface area (Å²) in [5, 5.41) is 12.1. The van der Waals surface area contributed by atoms with E-state index in [0.29, 0.717) is 11.3 Å². The number of carbonyl (C=O) groups excluding carboxylic acids is 1. The smallest absolute Gasteiger partial charge is 0.256 e. The fraction of sp³-hybridized carbons (Fsp3) is 0. The molecule has 0 radical (unpaired) electrons. The number of phenolic OH excluding ortho intramolecular Hbond substituents is 1. The van der Waals surface area contributed by atoms with Crippen molar-refractivity contribution in [1.82, 2.24) is 0 Å². The van der Waals surface area contributed by atoms with Gasteiger partial charge < -0.3 is 10.4 Å². The minimum atomic E-state index is -0.484. The molecule has 1 aliphatic heterocycles. The van der Waals surface area contributed by atoms with E-state index in [-0.39, 0.29) is 17.2 Å². The number of nitrogens with one attached hydrogen (secondary N) is 1. The van der Waals surface area contributed by atoms with Crippen molar-refractivity contribution in [2.45, 2.75) is 0 Å². The van der Waals surface area contributed by atoms with Gasteiger partial charge in [-0.1, -0.05) is 18.2 Å². The van der Waals surface area contributed by atoms with Crippen molar-refractivity contribution in [2.75, 3.05) is 5.32 Å². The summed E-state index contributed by atoms with van der Waals surface area (Å²) in [6, 6.07) is 10.9. The van der Waals surface area contributed by atoms with Gasteiger partial charge in [0.2, 0.25) is 0 Å². The minimum Gasteiger partial charge on any atom is -0.508 e. The Kier molecular flexibility index (Phi) is 2.56. The molecule has 2 N–H and O–H groups in total. The summed E-state index contributed by atoms with van der Waals surface area (Å²) >= 11 is 0. The maximum atomic E-state index is 13.6. The van der Waals surface area contributed by atoms with Gasteiger partial charge in [-0.05, 0) is 30.3 Å². The highest BCUT2D eigenvalue weighted by molar-refractivity contribution is 6.34. The molecular formula is C15H10FNO2. The van der Waals surface area contributed by atoms with E-state index in [0.717, 1.165) is 5.56 Å². The molecule has 1 heterocycles. The molecular weight excluding hydrogens is 245 g/mol. The molecule has 1 amide bonds. The van der Waals surface area contributed by atoms with E-state index >= 15 is 0 Å². The fourth-order valence-corrected chi connectivity index (χ4v) is 2.08. The van der Waals surface area contributed by atoms with Crippen LogP contribution >= 0.6 is 0 Å². The first-order valence-corrected chi connectivity index (χ1v) is 5.76. The van der Waals surface area contributed by atoms with Crippen LogP contribution in [-0.2, 0) is 4.79 Å². The van der Waals surface area contributed by atoms with E-state index in [9.17, 15) is 14.3 Å². The van der Waals surface area contributed by atoms with Crippen molar-refractivity contribution in [3.05, 3.63) is 59.4 Å². The van der Waals surface area contributed by atoms with Crippen molar-refractivity contribution in [1.29, 1.82) is 0 Å². The Hall–Kier alpha value is -2.62. The standard InChI is InChI=1S/C15H10FNO2/c16-13-6-5-10(18)7-9(13)8-12-11-3-1-2-4-14(11)17-15(12)19/h1-8,18H,(H,17,19)/b12-8+. The van der Waals surface area contributed by atoms with Crippen LogP contribution in [0.3, 0.4) is 0 Å². The summed E-state index contributed by atoms with van der Waals surface area (Å²) < 4.78 is 13.6. The number of aromatic hydroxyl groups is 1. The monoisotopic (exact) mass is 255 g/mol. The third kappa shape index (κ3) is 1.97. The number of amides is 1. The van der Waals surface area contributed by atoms with E-state index in [2.05, 4.69) is 5.32 Å². The summed E-state index contributed by atoms with van der Waals surface area (Å²) in [7, 11) is 0. The zero-order valence-corrected chi connectivity index (χ0v) is 9.85. The van der Waals surface area contributed by atoms with Crippen molar-refractivity contribution < 1.29 is 14.3 Å². The van der Waals surface area contributed by atoms with Crippen LogP contribution in [0.5, 0.6) is 5.75 Å². The Balaban J connectivity index is 2.14. The van der Waals surface area contributed by atoms with Crippen molar-refractivity contribution in [3.63, 3.8) is 0 Å². The Morgan fingerprint density at radius 2 is 1.95 bits per heavy atom. The molecule has 3 nitrogen and oxygen atoms in total. The van der Waals surface area contributed by atoms with E-state index < -0.39 is 5.82 Å². The van der Waals surface area contributed by atoms with Crippen molar-refractivity contribution in [2.24, 2.45) is 0 Å². The molecule has 19 heavy (non-hydrogen) atoms. The van der Waals surface area contributed by atoms with Crippen molar-refractivity contribution in [3.8, 4) is 5.75 Å². The molecule has 94 valence electrons. The maximum Gasteiger partial charge on any atom is 0.256 e. The van der Waals surface area contributed by atoms with Gasteiger partial charge in [0, 0.05) is 22.4 Å². The summed E-state index contributed by atoms with van der Waals surface area (Å²) in [6.45, 7) is 0.